The normalized spacial score (nSPS) is 10.7. The minimum absolute atomic E-state index is 0.177. The first kappa shape index (κ1) is 18.9. The van der Waals surface area contributed by atoms with Gasteiger partial charge < -0.3 is 18.7 Å². The van der Waals surface area contributed by atoms with Gasteiger partial charge in [0.25, 0.3) is 5.89 Å². The van der Waals surface area contributed by atoms with E-state index in [0.717, 1.165) is 21.8 Å². The SMILES string of the molecule is COc1ccc(-c2noc(COc3ccc(-c4nc(C)cs4)cc3)n2)cc1OC. The Kier molecular flexibility index (Phi) is 5.44. The standard InChI is InChI=1S/C21H19N3O4S/c1-13-12-29-21(22-13)14-4-7-16(8-5-14)27-11-19-23-20(24-28-19)15-6-9-17(25-2)18(10-15)26-3/h4-10,12H,11H2,1-3H3. The van der Waals surface area contributed by atoms with Gasteiger partial charge in [-0.05, 0) is 49.4 Å². The molecule has 0 spiro atoms. The third kappa shape index (κ3) is 4.22. The van der Waals surface area contributed by atoms with E-state index in [1.807, 2.05) is 42.6 Å². The van der Waals surface area contributed by atoms with Crippen LogP contribution in [-0.4, -0.2) is 29.3 Å². The molecule has 148 valence electrons. The number of nitrogens with zero attached hydrogens (tertiary/aromatic N) is 3. The number of aryl methyl sites for hydroxylation is 1. The van der Waals surface area contributed by atoms with Gasteiger partial charge in [-0.3, -0.25) is 0 Å². The Labute approximate surface area is 171 Å². The number of thiazole rings is 1. The molecule has 8 heteroatoms. The fraction of sp³-hybridized carbons (Fsp3) is 0.190. The van der Waals surface area contributed by atoms with Crippen LogP contribution < -0.4 is 14.2 Å². The summed E-state index contributed by atoms with van der Waals surface area (Å²) in [6, 6.07) is 13.2. The maximum atomic E-state index is 5.76. The highest BCUT2D eigenvalue weighted by atomic mass is 32.1. The summed E-state index contributed by atoms with van der Waals surface area (Å²) in [5.74, 6) is 2.80. The number of aromatic nitrogens is 3. The molecule has 7 nitrogen and oxygen atoms in total. The molecule has 0 atom stereocenters. The molecule has 0 fully saturated rings. The lowest BCUT2D eigenvalue weighted by Gasteiger charge is -2.07. The molecule has 4 aromatic rings. The predicted molar refractivity (Wildman–Crippen MR) is 109 cm³/mol. The van der Waals surface area contributed by atoms with Crippen molar-refractivity contribution in [1.82, 2.24) is 15.1 Å². The molecule has 0 saturated carbocycles. The summed E-state index contributed by atoms with van der Waals surface area (Å²) in [5.41, 5.74) is 2.84. The lowest BCUT2D eigenvalue weighted by molar-refractivity contribution is 0.243. The molecule has 0 saturated heterocycles. The summed E-state index contributed by atoms with van der Waals surface area (Å²) in [4.78, 5) is 8.87. The topological polar surface area (TPSA) is 79.5 Å². The van der Waals surface area contributed by atoms with Gasteiger partial charge in [-0.15, -0.1) is 11.3 Å². The van der Waals surface area contributed by atoms with Crippen LogP contribution in [0, 0.1) is 6.92 Å². The van der Waals surface area contributed by atoms with E-state index >= 15 is 0 Å². The molecule has 0 bridgehead atoms. The zero-order valence-electron chi connectivity index (χ0n) is 16.2. The predicted octanol–water partition coefficient (Wildman–Crippen LogP) is 4.76. The molecule has 0 radical (unpaired) electrons. The highest BCUT2D eigenvalue weighted by molar-refractivity contribution is 7.13. The van der Waals surface area contributed by atoms with E-state index in [2.05, 4.69) is 15.1 Å². The first-order valence-electron chi connectivity index (χ1n) is 8.86. The minimum Gasteiger partial charge on any atom is -0.493 e. The molecule has 0 aliphatic heterocycles. The van der Waals surface area contributed by atoms with Crippen LogP contribution in [0.15, 0.2) is 52.4 Å². The number of hydrogen-bond acceptors (Lipinski definition) is 8. The Bertz CT molecular complexity index is 1110. The van der Waals surface area contributed by atoms with Crippen molar-refractivity contribution in [2.45, 2.75) is 13.5 Å². The van der Waals surface area contributed by atoms with Crippen molar-refractivity contribution >= 4 is 11.3 Å². The molecule has 0 aliphatic carbocycles. The zero-order valence-corrected chi connectivity index (χ0v) is 17.0. The van der Waals surface area contributed by atoms with E-state index in [1.54, 1.807) is 37.7 Å². The summed E-state index contributed by atoms with van der Waals surface area (Å²) < 4.78 is 21.6. The summed E-state index contributed by atoms with van der Waals surface area (Å²) >= 11 is 1.62. The fourth-order valence-corrected chi connectivity index (χ4v) is 3.54. The fourth-order valence-electron chi connectivity index (χ4n) is 2.73. The average molecular weight is 409 g/mol. The molecular formula is C21H19N3O4S. The molecule has 2 aromatic heterocycles. The van der Waals surface area contributed by atoms with Crippen molar-refractivity contribution in [2.24, 2.45) is 0 Å². The number of hydrogen-bond donors (Lipinski definition) is 0. The van der Waals surface area contributed by atoms with Gasteiger partial charge in [-0.2, -0.15) is 4.98 Å². The molecule has 29 heavy (non-hydrogen) atoms. The monoisotopic (exact) mass is 409 g/mol. The van der Waals surface area contributed by atoms with Gasteiger partial charge in [0.05, 0.1) is 14.2 Å². The summed E-state index contributed by atoms with van der Waals surface area (Å²) in [6.07, 6.45) is 0. The van der Waals surface area contributed by atoms with Crippen molar-refractivity contribution in [3.05, 3.63) is 59.4 Å². The van der Waals surface area contributed by atoms with E-state index < -0.39 is 0 Å². The van der Waals surface area contributed by atoms with Gasteiger partial charge in [0.1, 0.15) is 10.8 Å². The van der Waals surface area contributed by atoms with Crippen LogP contribution in [0.5, 0.6) is 17.2 Å². The molecule has 0 aliphatic rings. The molecule has 0 N–H and O–H groups in total. The number of rotatable bonds is 7. The van der Waals surface area contributed by atoms with Crippen molar-refractivity contribution in [3.63, 3.8) is 0 Å². The van der Waals surface area contributed by atoms with Crippen LogP contribution in [0.1, 0.15) is 11.6 Å². The first-order chi connectivity index (χ1) is 14.2. The van der Waals surface area contributed by atoms with E-state index in [4.69, 9.17) is 18.7 Å². The molecule has 4 rings (SSSR count). The number of methoxy groups -OCH3 is 2. The number of ether oxygens (including phenoxy) is 3. The Balaban J connectivity index is 1.42. The summed E-state index contributed by atoms with van der Waals surface area (Å²) in [6.45, 7) is 2.16. The highest BCUT2D eigenvalue weighted by Crippen LogP contribution is 2.31. The Hall–Kier alpha value is -3.39. The maximum Gasteiger partial charge on any atom is 0.264 e. The molecule has 2 aromatic carbocycles. The van der Waals surface area contributed by atoms with E-state index in [1.165, 1.54) is 0 Å². The Morgan fingerprint density at radius 3 is 2.38 bits per heavy atom. The Morgan fingerprint density at radius 2 is 1.69 bits per heavy atom. The second-order valence-electron chi connectivity index (χ2n) is 6.19. The lowest BCUT2D eigenvalue weighted by Crippen LogP contribution is -1.96. The smallest absolute Gasteiger partial charge is 0.264 e. The quantitative estimate of drug-likeness (QED) is 0.435. The van der Waals surface area contributed by atoms with Crippen molar-refractivity contribution < 1.29 is 18.7 Å². The minimum atomic E-state index is 0.177. The van der Waals surface area contributed by atoms with Crippen LogP contribution in [0.25, 0.3) is 22.0 Å². The summed E-state index contributed by atoms with van der Waals surface area (Å²) in [7, 11) is 3.17. The van der Waals surface area contributed by atoms with E-state index in [0.29, 0.717) is 29.0 Å². The average Bonchev–Trinajstić information content (AvgIpc) is 3.41. The molecule has 0 unspecified atom stereocenters. The molecular weight excluding hydrogens is 390 g/mol. The van der Waals surface area contributed by atoms with Gasteiger partial charge in [-0.25, -0.2) is 4.98 Å². The third-order valence-electron chi connectivity index (χ3n) is 4.19. The van der Waals surface area contributed by atoms with Gasteiger partial charge >= 0.3 is 0 Å². The van der Waals surface area contributed by atoms with Gasteiger partial charge in [0, 0.05) is 22.2 Å². The van der Waals surface area contributed by atoms with Crippen LogP contribution >= 0.6 is 11.3 Å². The van der Waals surface area contributed by atoms with Crippen LogP contribution in [0.4, 0.5) is 0 Å². The molecule has 2 heterocycles. The molecule has 0 amide bonds. The summed E-state index contributed by atoms with van der Waals surface area (Å²) in [5, 5.41) is 7.04. The van der Waals surface area contributed by atoms with Gasteiger partial charge in [0.15, 0.2) is 18.1 Å². The van der Waals surface area contributed by atoms with Crippen LogP contribution in [0.2, 0.25) is 0 Å². The second kappa shape index (κ2) is 8.32. The largest absolute Gasteiger partial charge is 0.493 e. The van der Waals surface area contributed by atoms with Gasteiger partial charge in [0.2, 0.25) is 5.82 Å². The van der Waals surface area contributed by atoms with Crippen LogP contribution in [0.3, 0.4) is 0 Å². The van der Waals surface area contributed by atoms with E-state index in [9.17, 15) is 0 Å². The van der Waals surface area contributed by atoms with Crippen molar-refractivity contribution in [3.8, 4) is 39.2 Å². The van der Waals surface area contributed by atoms with Crippen LogP contribution in [-0.2, 0) is 6.61 Å². The van der Waals surface area contributed by atoms with Crippen molar-refractivity contribution in [2.75, 3.05) is 14.2 Å². The zero-order chi connectivity index (χ0) is 20.2. The Morgan fingerprint density at radius 1 is 0.931 bits per heavy atom. The first-order valence-corrected chi connectivity index (χ1v) is 9.74. The number of benzene rings is 2. The van der Waals surface area contributed by atoms with Gasteiger partial charge in [-0.1, -0.05) is 5.16 Å². The second-order valence-corrected chi connectivity index (χ2v) is 7.05. The third-order valence-corrected chi connectivity index (χ3v) is 5.20. The maximum absolute atomic E-state index is 5.76. The highest BCUT2D eigenvalue weighted by Gasteiger charge is 2.13. The van der Waals surface area contributed by atoms with E-state index in [-0.39, 0.29) is 6.61 Å². The lowest BCUT2D eigenvalue weighted by atomic mass is 10.2. The van der Waals surface area contributed by atoms with Crippen molar-refractivity contribution in [1.29, 1.82) is 0 Å².